The van der Waals surface area contributed by atoms with Crippen LogP contribution in [0.25, 0.3) is 11.3 Å². The van der Waals surface area contributed by atoms with Crippen LogP contribution in [0, 0.1) is 0 Å². The highest BCUT2D eigenvalue weighted by Crippen LogP contribution is 2.22. The third-order valence-electron chi connectivity index (χ3n) is 3.83. The Hall–Kier alpha value is -3.87. The molecule has 0 bridgehead atoms. The number of carbonyl (C=O) groups excluding carboxylic acids is 1. The number of benzene rings is 2. The first-order valence-corrected chi connectivity index (χ1v) is 8.56. The van der Waals surface area contributed by atoms with E-state index in [2.05, 4.69) is 10.5 Å². The molecule has 2 N–H and O–H groups in total. The molecule has 0 saturated carbocycles. The van der Waals surface area contributed by atoms with Crippen molar-refractivity contribution in [2.45, 2.75) is 6.92 Å². The Morgan fingerprint density at radius 3 is 2.36 bits per heavy atom. The molecule has 2 aromatic carbocycles. The minimum absolute atomic E-state index is 0.203. The van der Waals surface area contributed by atoms with Crippen molar-refractivity contribution in [2.24, 2.45) is 5.10 Å². The largest absolute Gasteiger partial charge is 0.494 e. The summed E-state index contributed by atoms with van der Waals surface area (Å²) >= 11 is 0. The Kier molecular flexibility index (Phi) is 5.86. The maximum Gasteiger partial charge on any atom is 0.335 e. The number of hydrogen-bond donors (Lipinski definition) is 2. The number of nitrogens with zero attached hydrogens (tertiary/aromatic N) is 1. The molecule has 28 heavy (non-hydrogen) atoms. The fourth-order valence-corrected chi connectivity index (χ4v) is 2.44. The van der Waals surface area contributed by atoms with Gasteiger partial charge in [0, 0.05) is 11.1 Å². The fourth-order valence-electron chi connectivity index (χ4n) is 2.44. The average molecular weight is 378 g/mol. The van der Waals surface area contributed by atoms with E-state index < -0.39 is 5.97 Å². The number of hydrazone groups is 1. The van der Waals surface area contributed by atoms with Crippen LogP contribution in [-0.4, -0.2) is 29.8 Å². The predicted molar refractivity (Wildman–Crippen MR) is 104 cm³/mol. The van der Waals surface area contributed by atoms with Crippen LogP contribution in [0.15, 0.2) is 70.2 Å². The smallest absolute Gasteiger partial charge is 0.335 e. The summed E-state index contributed by atoms with van der Waals surface area (Å²) in [5, 5.41) is 12.8. The van der Waals surface area contributed by atoms with Gasteiger partial charge in [-0.15, -0.1) is 0 Å². The van der Waals surface area contributed by atoms with Gasteiger partial charge in [0.25, 0.3) is 5.91 Å². The zero-order valence-corrected chi connectivity index (χ0v) is 15.1. The minimum atomic E-state index is -0.984. The zero-order chi connectivity index (χ0) is 19.9. The summed E-state index contributed by atoms with van der Waals surface area (Å²) < 4.78 is 11.0. The molecule has 0 spiro atoms. The second kappa shape index (κ2) is 8.68. The molecule has 0 atom stereocenters. The summed E-state index contributed by atoms with van der Waals surface area (Å²) in [4.78, 5) is 23.0. The van der Waals surface area contributed by atoms with Gasteiger partial charge in [0.1, 0.15) is 17.3 Å². The Balaban J connectivity index is 1.60. The van der Waals surface area contributed by atoms with Gasteiger partial charge in [0.05, 0.1) is 18.4 Å². The summed E-state index contributed by atoms with van der Waals surface area (Å²) in [6, 6.07) is 16.5. The molecule has 142 valence electrons. The van der Waals surface area contributed by atoms with Crippen LogP contribution in [0.5, 0.6) is 5.75 Å². The summed E-state index contributed by atoms with van der Waals surface area (Å²) in [7, 11) is 0. The van der Waals surface area contributed by atoms with Crippen LogP contribution in [-0.2, 0) is 0 Å². The highest BCUT2D eigenvalue weighted by Gasteiger charge is 2.07. The van der Waals surface area contributed by atoms with Crippen LogP contribution >= 0.6 is 0 Å². The van der Waals surface area contributed by atoms with E-state index in [1.54, 1.807) is 48.5 Å². The highest BCUT2D eigenvalue weighted by atomic mass is 16.5. The molecule has 7 heteroatoms. The fraction of sp³-hybridized carbons (Fsp3) is 0.0952. The number of ether oxygens (including phenoxy) is 1. The molecule has 1 aromatic heterocycles. The van der Waals surface area contributed by atoms with E-state index in [0.29, 0.717) is 29.4 Å². The maximum atomic E-state index is 12.1. The Morgan fingerprint density at radius 2 is 1.71 bits per heavy atom. The van der Waals surface area contributed by atoms with Crippen LogP contribution in [0.3, 0.4) is 0 Å². The number of carboxylic acids is 1. The molecule has 0 radical (unpaired) electrons. The minimum Gasteiger partial charge on any atom is -0.494 e. The van der Waals surface area contributed by atoms with Gasteiger partial charge in [-0.2, -0.15) is 5.10 Å². The number of amides is 1. The molecular weight excluding hydrogens is 360 g/mol. The first-order valence-electron chi connectivity index (χ1n) is 8.56. The number of carbonyl (C=O) groups is 2. The number of rotatable bonds is 7. The molecule has 1 amide bonds. The molecule has 7 nitrogen and oxygen atoms in total. The second-order valence-corrected chi connectivity index (χ2v) is 5.74. The molecular formula is C21H18N2O5. The van der Waals surface area contributed by atoms with Gasteiger partial charge in [-0.3, -0.25) is 4.79 Å². The molecule has 3 rings (SSSR count). The maximum absolute atomic E-state index is 12.1. The zero-order valence-electron chi connectivity index (χ0n) is 15.1. The normalized spacial score (nSPS) is 10.8. The van der Waals surface area contributed by atoms with Gasteiger partial charge >= 0.3 is 5.97 Å². The van der Waals surface area contributed by atoms with E-state index in [0.717, 1.165) is 5.56 Å². The summed E-state index contributed by atoms with van der Waals surface area (Å²) in [6.45, 7) is 2.45. The van der Waals surface area contributed by atoms with Crippen LogP contribution in [0.2, 0.25) is 0 Å². The van der Waals surface area contributed by atoms with Crippen LogP contribution in [0.4, 0.5) is 0 Å². The first-order chi connectivity index (χ1) is 13.6. The van der Waals surface area contributed by atoms with Crippen molar-refractivity contribution in [1.82, 2.24) is 5.43 Å². The van der Waals surface area contributed by atoms with Gasteiger partial charge in [-0.1, -0.05) is 12.1 Å². The average Bonchev–Trinajstić information content (AvgIpc) is 3.18. The van der Waals surface area contributed by atoms with Crippen molar-refractivity contribution in [3.8, 4) is 17.1 Å². The van der Waals surface area contributed by atoms with E-state index in [-0.39, 0.29) is 11.5 Å². The third-order valence-corrected chi connectivity index (χ3v) is 3.83. The Bertz CT molecular complexity index is 988. The van der Waals surface area contributed by atoms with E-state index in [9.17, 15) is 9.59 Å². The van der Waals surface area contributed by atoms with Crippen molar-refractivity contribution in [3.05, 3.63) is 77.6 Å². The lowest BCUT2D eigenvalue weighted by atomic mass is 10.1. The summed E-state index contributed by atoms with van der Waals surface area (Å²) in [5.74, 6) is 0.375. The summed E-state index contributed by atoms with van der Waals surface area (Å²) in [5.41, 5.74) is 3.83. The van der Waals surface area contributed by atoms with Crippen molar-refractivity contribution < 1.29 is 23.8 Å². The van der Waals surface area contributed by atoms with Crippen molar-refractivity contribution in [2.75, 3.05) is 6.61 Å². The standard InChI is InChI=1S/C21H18N2O5/c1-2-27-17-9-7-15(8-10-17)20(24)23-22-13-18-11-12-19(28-18)14-3-5-16(6-4-14)21(25)26/h3-13H,2H2,1H3,(H,23,24)(H,25,26)/b22-13-. The molecule has 0 saturated heterocycles. The number of nitrogens with one attached hydrogen (secondary N) is 1. The monoisotopic (exact) mass is 378 g/mol. The number of hydrogen-bond acceptors (Lipinski definition) is 5. The topological polar surface area (TPSA) is 101 Å². The molecule has 1 heterocycles. The Labute approximate surface area is 161 Å². The van der Waals surface area contributed by atoms with Gasteiger partial charge < -0.3 is 14.3 Å². The molecule has 3 aromatic rings. The van der Waals surface area contributed by atoms with Gasteiger partial charge in [-0.05, 0) is 55.5 Å². The van der Waals surface area contributed by atoms with Gasteiger partial charge in [-0.25, -0.2) is 10.2 Å². The van der Waals surface area contributed by atoms with Crippen LogP contribution in [0.1, 0.15) is 33.4 Å². The number of furan rings is 1. The molecule has 0 unspecified atom stereocenters. The van der Waals surface area contributed by atoms with E-state index >= 15 is 0 Å². The quantitative estimate of drug-likeness (QED) is 0.481. The molecule has 0 aliphatic rings. The Morgan fingerprint density at radius 1 is 1.04 bits per heavy atom. The second-order valence-electron chi connectivity index (χ2n) is 5.74. The summed E-state index contributed by atoms with van der Waals surface area (Å²) in [6.07, 6.45) is 1.39. The van der Waals surface area contributed by atoms with Crippen LogP contribution < -0.4 is 10.2 Å². The molecule has 0 aliphatic carbocycles. The molecule has 0 fully saturated rings. The van der Waals surface area contributed by atoms with E-state index in [4.69, 9.17) is 14.3 Å². The lowest BCUT2D eigenvalue weighted by molar-refractivity contribution is 0.0696. The van der Waals surface area contributed by atoms with E-state index in [1.807, 2.05) is 6.92 Å². The predicted octanol–water partition coefficient (Wildman–Crippen LogP) is 3.81. The van der Waals surface area contributed by atoms with Crippen molar-refractivity contribution in [3.63, 3.8) is 0 Å². The highest BCUT2D eigenvalue weighted by molar-refractivity contribution is 5.94. The van der Waals surface area contributed by atoms with Crippen molar-refractivity contribution >= 4 is 18.1 Å². The molecule has 0 aliphatic heterocycles. The number of aromatic carboxylic acids is 1. The first kappa shape index (κ1) is 18.9. The number of carboxylic acid groups (broad SMARTS) is 1. The lowest BCUT2D eigenvalue weighted by Gasteiger charge is -2.03. The lowest BCUT2D eigenvalue weighted by Crippen LogP contribution is -2.17. The van der Waals surface area contributed by atoms with Gasteiger partial charge in [0.2, 0.25) is 0 Å². The third kappa shape index (κ3) is 4.64. The van der Waals surface area contributed by atoms with Crippen molar-refractivity contribution in [1.29, 1.82) is 0 Å². The van der Waals surface area contributed by atoms with Gasteiger partial charge in [0.15, 0.2) is 0 Å². The SMILES string of the molecule is CCOc1ccc(C(=O)N/N=C\c2ccc(-c3ccc(C(=O)O)cc3)o2)cc1. The van der Waals surface area contributed by atoms with E-state index in [1.165, 1.54) is 18.3 Å².